The summed E-state index contributed by atoms with van der Waals surface area (Å²) in [5, 5.41) is 9.48. The molecule has 0 spiro atoms. The lowest BCUT2D eigenvalue weighted by Crippen LogP contribution is -2.43. The molecule has 2 atom stereocenters. The van der Waals surface area contributed by atoms with Crippen molar-refractivity contribution in [2.75, 3.05) is 19.6 Å². The third-order valence-electron chi connectivity index (χ3n) is 6.24. The van der Waals surface area contributed by atoms with Crippen LogP contribution < -0.4 is 16.0 Å². The highest BCUT2D eigenvalue weighted by Gasteiger charge is 2.37. The molecule has 0 aromatic rings. The van der Waals surface area contributed by atoms with Gasteiger partial charge in [0, 0.05) is 37.6 Å². The van der Waals surface area contributed by atoms with Gasteiger partial charge in [-0.15, -0.1) is 0 Å². The zero-order valence-corrected chi connectivity index (χ0v) is 16.1. The number of carbonyl (C=O) groups excluding carboxylic acids is 2. The van der Waals surface area contributed by atoms with Gasteiger partial charge < -0.3 is 20.9 Å². The number of unbranched alkanes of at least 4 members (excludes halogenated alkanes) is 2. The van der Waals surface area contributed by atoms with Crippen LogP contribution in [0.2, 0.25) is 0 Å². The summed E-state index contributed by atoms with van der Waals surface area (Å²) in [6.07, 6.45) is 12.9. The lowest BCUT2D eigenvalue weighted by molar-refractivity contribution is -0.133. The van der Waals surface area contributed by atoms with Crippen molar-refractivity contribution in [3.63, 3.8) is 0 Å². The van der Waals surface area contributed by atoms with Crippen LogP contribution in [-0.2, 0) is 4.79 Å². The Labute approximate surface area is 157 Å². The molecule has 3 N–H and O–H groups in total. The van der Waals surface area contributed by atoms with E-state index in [0.717, 1.165) is 58.0 Å². The van der Waals surface area contributed by atoms with Gasteiger partial charge in [0.15, 0.2) is 0 Å². The molecule has 3 amide bonds. The molecule has 0 aromatic carbocycles. The van der Waals surface area contributed by atoms with Gasteiger partial charge in [-0.2, -0.15) is 0 Å². The van der Waals surface area contributed by atoms with E-state index in [1.54, 1.807) is 0 Å². The standard InChI is InChI=1S/C20H36N4O2/c25-19(24-17-10-11-18(24)15-21-14-12-17)9-5-2-6-13-22-20(26)23-16-7-3-1-4-8-16/h16-18,21H,1-15H2,(H2,22,23,26). The smallest absolute Gasteiger partial charge is 0.315 e. The quantitative estimate of drug-likeness (QED) is 0.608. The second kappa shape index (κ2) is 10.1. The summed E-state index contributed by atoms with van der Waals surface area (Å²) in [6.45, 7) is 2.70. The molecule has 2 bridgehead atoms. The van der Waals surface area contributed by atoms with E-state index >= 15 is 0 Å². The van der Waals surface area contributed by atoms with E-state index in [1.165, 1.54) is 25.7 Å². The summed E-state index contributed by atoms with van der Waals surface area (Å²) < 4.78 is 0. The Morgan fingerprint density at radius 3 is 2.58 bits per heavy atom. The van der Waals surface area contributed by atoms with E-state index in [4.69, 9.17) is 0 Å². The second-order valence-corrected chi connectivity index (χ2v) is 8.22. The Bertz CT molecular complexity index is 451. The van der Waals surface area contributed by atoms with Gasteiger partial charge in [0.1, 0.15) is 0 Å². The summed E-state index contributed by atoms with van der Waals surface area (Å²) >= 11 is 0. The highest BCUT2D eigenvalue weighted by molar-refractivity contribution is 5.77. The number of hydrogen-bond acceptors (Lipinski definition) is 3. The Morgan fingerprint density at radius 2 is 1.73 bits per heavy atom. The van der Waals surface area contributed by atoms with Crippen LogP contribution in [0.15, 0.2) is 0 Å². The molecule has 1 saturated carbocycles. The van der Waals surface area contributed by atoms with Crippen molar-refractivity contribution in [2.45, 2.75) is 95.2 Å². The highest BCUT2D eigenvalue weighted by atomic mass is 16.2. The molecule has 3 rings (SSSR count). The fourth-order valence-electron chi connectivity index (χ4n) is 4.78. The topological polar surface area (TPSA) is 73.5 Å². The number of nitrogens with one attached hydrogen (secondary N) is 3. The highest BCUT2D eigenvalue weighted by Crippen LogP contribution is 2.28. The molecule has 148 valence electrons. The van der Waals surface area contributed by atoms with Crippen molar-refractivity contribution in [3.05, 3.63) is 0 Å². The van der Waals surface area contributed by atoms with Gasteiger partial charge in [0.05, 0.1) is 0 Å². The molecule has 2 heterocycles. The van der Waals surface area contributed by atoms with Crippen LogP contribution in [0.25, 0.3) is 0 Å². The summed E-state index contributed by atoms with van der Waals surface area (Å²) in [6, 6.07) is 1.22. The zero-order valence-electron chi connectivity index (χ0n) is 16.1. The molecule has 1 aliphatic carbocycles. The molecule has 0 aromatic heterocycles. The van der Waals surface area contributed by atoms with Crippen molar-refractivity contribution in [1.29, 1.82) is 0 Å². The minimum atomic E-state index is -0.0263. The van der Waals surface area contributed by atoms with Crippen molar-refractivity contribution >= 4 is 11.9 Å². The van der Waals surface area contributed by atoms with E-state index in [2.05, 4.69) is 20.9 Å². The van der Waals surface area contributed by atoms with E-state index in [1.807, 2.05) is 0 Å². The number of amides is 3. The van der Waals surface area contributed by atoms with E-state index in [0.29, 0.717) is 37.0 Å². The van der Waals surface area contributed by atoms with Gasteiger partial charge in [-0.05, 0) is 51.5 Å². The van der Waals surface area contributed by atoms with Gasteiger partial charge >= 0.3 is 6.03 Å². The van der Waals surface area contributed by atoms with E-state index < -0.39 is 0 Å². The van der Waals surface area contributed by atoms with Crippen molar-refractivity contribution in [2.24, 2.45) is 0 Å². The lowest BCUT2D eigenvalue weighted by atomic mass is 9.96. The molecule has 6 heteroatoms. The Kier molecular flexibility index (Phi) is 7.59. The maximum Gasteiger partial charge on any atom is 0.315 e. The van der Waals surface area contributed by atoms with Gasteiger partial charge in [0.2, 0.25) is 5.91 Å². The van der Waals surface area contributed by atoms with E-state index in [-0.39, 0.29) is 6.03 Å². The first-order chi connectivity index (χ1) is 12.7. The first kappa shape index (κ1) is 19.5. The van der Waals surface area contributed by atoms with Gasteiger partial charge in [0.25, 0.3) is 0 Å². The maximum absolute atomic E-state index is 12.6. The molecule has 2 unspecified atom stereocenters. The lowest BCUT2D eigenvalue weighted by Gasteiger charge is -2.28. The molecule has 0 radical (unpaired) electrons. The Hall–Kier alpha value is -1.30. The number of rotatable bonds is 7. The Morgan fingerprint density at radius 1 is 0.923 bits per heavy atom. The number of hydrogen-bond donors (Lipinski definition) is 3. The molecule has 26 heavy (non-hydrogen) atoms. The van der Waals surface area contributed by atoms with Gasteiger partial charge in [-0.1, -0.05) is 25.7 Å². The first-order valence-electron chi connectivity index (χ1n) is 10.8. The molecule has 3 aliphatic rings. The first-order valence-corrected chi connectivity index (χ1v) is 10.8. The minimum Gasteiger partial charge on any atom is -0.338 e. The van der Waals surface area contributed by atoms with Crippen LogP contribution in [0.4, 0.5) is 4.79 Å². The number of carbonyl (C=O) groups is 2. The van der Waals surface area contributed by atoms with E-state index in [9.17, 15) is 9.59 Å². The molecular weight excluding hydrogens is 328 g/mol. The number of urea groups is 1. The van der Waals surface area contributed by atoms with Crippen LogP contribution in [0, 0.1) is 0 Å². The summed E-state index contributed by atoms with van der Waals surface area (Å²) in [7, 11) is 0. The molecule has 6 nitrogen and oxygen atoms in total. The SMILES string of the molecule is O=C(NCCCCCC(=O)N1C2CCNCC1CC2)NC1CCCCC1. The van der Waals surface area contributed by atoms with Crippen LogP contribution in [-0.4, -0.2) is 54.6 Å². The number of fused-ring (bicyclic) bond motifs is 2. The van der Waals surface area contributed by atoms with Crippen molar-refractivity contribution in [3.8, 4) is 0 Å². The average Bonchev–Trinajstić information content (AvgIpc) is 2.91. The summed E-state index contributed by atoms with van der Waals surface area (Å²) in [5.74, 6) is 0.337. The summed E-state index contributed by atoms with van der Waals surface area (Å²) in [4.78, 5) is 26.7. The molecule has 2 aliphatic heterocycles. The normalized spacial score (nSPS) is 26.4. The number of nitrogens with zero attached hydrogens (tertiary/aromatic N) is 1. The monoisotopic (exact) mass is 364 g/mol. The van der Waals surface area contributed by atoms with Crippen molar-refractivity contribution < 1.29 is 9.59 Å². The van der Waals surface area contributed by atoms with Crippen LogP contribution >= 0.6 is 0 Å². The predicted molar refractivity (Wildman–Crippen MR) is 103 cm³/mol. The third kappa shape index (κ3) is 5.60. The van der Waals surface area contributed by atoms with Crippen LogP contribution in [0.5, 0.6) is 0 Å². The van der Waals surface area contributed by atoms with Crippen molar-refractivity contribution in [1.82, 2.24) is 20.9 Å². The third-order valence-corrected chi connectivity index (χ3v) is 6.24. The Balaban J connectivity index is 1.24. The zero-order chi connectivity index (χ0) is 18.2. The largest absolute Gasteiger partial charge is 0.338 e. The minimum absolute atomic E-state index is 0.0263. The maximum atomic E-state index is 12.6. The van der Waals surface area contributed by atoms with Gasteiger partial charge in [-0.25, -0.2) is 4.79 Å². The van der Waals surface area contributed by atoms with Crippen LogP contribution in [0.3, 0.4) is 0 Å². The van der Waals surface area contributed by atoms with Gasteiger partial charge in [-0.3, -0.25) is 4.79 Å². The summed E-state index contributed by atoms with van der Waals surface area (Å²) in [5.41, 5.74) is 0. The fraction of sp³-hybridized carbons (Fsp3) is 0.900. The van der Waals surface area contributed by atoms with Crippen LogP contribution in [0.1, 0.15) is 77.0 Å². The molecular formula is C20H36N4O2. The molecule has 2 saturated heterocycles. The average molecular weight is 365 g/mol. The molecule has 3 fully saturated rings. The predicted octanol–water partition coefficient (Wildman–Crippen LogP) is 2.53. The second-order valence-electron chi connectivity index (χ2n) is 8.22. The fourth-order valence-corrected chi connectivity index (χ4v) is 4.78.